The van der Waals surface area contributed by atoms with Crippen molar-refractivity contribution in [2.75, 3.05) is 35.2 Å². The largest absolute Gasteiger partial charge is 0.350 e. The minimum atomic E-state index is -3.39. The van der Waals surface area contributed by atoms with Crippen molar-refractivity contribution in [3.63, 3.8) is 0 Å². The van der Waals surface area contributed by atoms with Crippen LogP contribution in [0.1, 0.15) is 59.4 Å². The van der Waals surface area contributed by atoms with E-state index in [1.807, 2.05) is 24.4 Å². The third-order valence-corrected chi connectivity index (χ3v) is 11.2. The van der Waals surface area contributed by atoms with Gasteiger partial charge in [0.05, 0.1) is 18.1 Å². The fourth-order valence-corrected chi connectivity index (χ4v) is 7.71. The molecule has 0 aromatic carbocycles. The van der Waals surface area contributed by atoms with E-state index in [1.165, 1.54) is 0 Å². The average Bonchev–Trinajstić information content (AvgIpc) is 3.45. The van der Waals surface area contributed by atoms with Crippen molar-refractivity contribution in [2.45, 2.75) is 76.6 Å². The molecule has 0 unspecified atom stereocenters. The first kappa shape index (κ1) is 25.9. The third kappa shape index (κ3) is 3.72. The Bertz CT molecular complexity index is 1590. The van der Waals surface area contributed by atoms with Crippen LogP contribution in [0.3, 0.4) is 0 Å². The van der Waals surface area contributed by atoms with Gasteiger partial charge in [0, 0.05) is 49.1 Å². The monoisotopic (exact) mass is 553 g/mol. The number of nitrogens with zero attached hydrogens (tertiary/aromatic N) is 9. The van der Waals surface area contributed by atoms with Gasteiger partial charge < -0.3 is 14.7 Å². The predicted molar refractivity (Wildman–Crippen MR) is 147 cm³/mol. The number of carbonyl (C=O) groups excluding carboxylic acids is 1. The lowest BCUT2D eigenvalue weighted by molar-refractivity contribution is -0.137. The van der Waals surface area contributed by atoms with Gasteiger partial charge in [-0.2, -0.15) is 0 Å². The number of hydrogen-bond acceptors (Lipinski definition) is 10. The number of carbonyl (C=O) groups is 1. The van der Waals surface area contributed by atoms with Gasteiger partial charge >= 0.3 is 0 Å². The first-order valence-corrected chi connectivity index (χ1v) is 15.2. The third-order valence-electron chi connectivity index (χ3n) is 8.74. The molecule has 3 atom stereocenters. The minimum Gasteiger partial charge on any atom is -0.350 e. The maximum absolute atomic E-state index is 13.4. The van der Waals surface area contributed by atoms with Crippen molar-refractivity contribution in [1.29, 1.82) is 0 Å². The molecule has 3 aromatic rings. The molecule has 208 valence electrons. The van der Waals surface area contributed by atoms with Gasteiger partial charge in [0.1, 0.15) is 28.5 Å². The number of aromatic nitrogens is 6. The number of fused-ring (bicyclic) bond motifs is 2. The van der Waals surface area contributed by atoms with E-state index in [2.05, 4.69) is 45.8 Å². The molecule has 2 saturated heterocycles. The van der Waals surface area contributed by atoms with E-state index in [1.54, 1.807) is 24.3 Å². The number of anilines is 3. The number of sulfone groups is 1. The van der Waals surface area contributed by atoms with Crippen molar-refractivity contribution in [2.24, 2.45) is 0 Å². The number of rotatable bonds is 4. The fraction of sp³-hybridized carbons (Fsp3) is 0.615. The zero-order valence-electron chi connectivity index (χ0n) is 23.3. The summed E-state index contributed by atoms with van der Waals surface area (Å²) in [5, 5.41) is 8.47. The van der Waals surface area contributed by atoms with Crippen molar-refractivity contribution >= 4 is 38.8 Å². The van der Waals surface area contributed by atoms with Crippen LogP contribution in [0, 0.1) is 0 Å². The molecule has 0 radical (unpaired) electrons. The van der Waals surface area contributed by atoms with Crippen LogP contribution in [0.2, 0.25) is 0 Å². The fourth-order valence-electron chi connectivity index (χ4n) is 6.18. The van der Waals surface area contributed by atoms with Gasteiger partial charge in [-0.3, -0.25) is 9.20 Å². The maximum atomic E-state index is 13.4. The minimum absolute atomic E-state index is 0.0565. The quantitative estimate of drug-likeness (QED) is 0.472. The van der Waals surface area contributed by atoms with Gasteiger partial charge in [0.2, 0.25) is 5.91 Å². The lowest BCUT2D eigenvalue weighted by atomic mass is 9.87. The summed E-state index contributed by atoms with van der Waals surface area (Å²) in [6.45, 7) is 13.7. The Morgan fingerprint density at radius 2 is 1.79 bits per heavy atom. The highest BCUT2D eigenvalue weighted by Gasteiger charge is 2.57. The molecule has 6 rings (SSSR count). The van der Waals surface area contributed by atoms with Crippen molar-refractivity contribution in [3.8, 4) is 0 Å². The molecule has 13 heteroatoms. The predicted octanol–water partition coefficient (Wildman–Crippen LogP) is 1.91. The average molecular weight is 554 g/mol. The van der Waals surface area contributed by atoms with E-state index in [4.69, 9.17) is 9.97 Å². The van der Waals surface area contributed by atoms with Crippen LogP contribution in [0.5, 0.6) is 0 Å². The standard InChI is InChI=1S/C26H35N9O3S/c1-7-18-30-31-19-10-27-20(13-34(18)19)35-14-25(4,5)21-22(28-15-29-23(21)35)32-11-17(3)33(12-16(32)2)24(36)26(6)8-9-39(26,37)38/h10,13,15-17H,7-9,11-12,14H2,1-6H3/t16-,17+,26-/m0/s1. The molecular weight excluding hydrogens is 518 g/mol. The molecule has 0 bridgehead atoms. The van der Waals surface area contributed by atoms with Crippen molar-refractivity contribution in [3.05, 3.63) is 30.1 Å². The van der Waals surface area contributed by atoms with Gasteiger partial charge in [-0.1, -0.05) is 20.8 Å². The summed E-state index contributed by atoms with van der Waals surface area (Å²) in [6, 6.07) is -0.225. The summed E-state index contributed by atoms with van der Waals surface area (Å²) < 4.78 is 25.6. The van der Waals surface area contributed by atoms with Crippen molar-refractivity contribution < 1.29 is 13.2 Å². The molecule has 0 saturated carbocycles. The molecule has 6 heterocycles. The summed E-state index contributed by atoms with van der Waals surface area (Å²) >= 11 is 0. The second-order valence-corrected chi connectivity index (χ2v) is 14.5. The van der Waals surface area contributed by atoms with Gasteiger partial charge in [-0.05, 0) is 27.2 Å². The van der Waals surface area contributed by atoms with E-state index in [9.17, 15) is 13.2 Å². The molecule has 0 aliphatic carbocycles. The van der Waals surface area contributed by atoms with Crippen LogP contribution in [0.4, 0.5) is 17.5 Å². The molecule has 3 aliphatic rings. The molecule has 1 amide bonds. The van der Waals surface area contributed by atoms with Gasteiger partial charge in [0.15, 0.2) is 21.3 Å². The van der Waals surface area contributed by atoms with Crippen molar-refractivity contribution in [1.82, 2.24) is 34.4 Å². The lowest BCUT2D eigenvalue weighted by Crippen LogP contribution is -2.66. The van der Waals surface area contributed by atoms with Gasteiger partial charge in [-0.15, -0.1) is 10.2 Å². The maximum Gasteiger partial charge on any atom is 0.244 e. The van der Waals surface area contributed by atoms with Gasteiger partial charge in [-0.25, -0.2) is 23.4 Å². The van der Waals surface area contributed by atoms with Crippen LogP contribution in [-0.2, 0) is 26.5 Å². The summed E-state index contributed by atoms with van der Waals surface area (Å²) in [4.78, 5) is 33.7. The Labute approximate surface area is 228 Å². The first-order valence-electron chi connectivity index (χ1n) is 13.5. The van der Waals surface area contributed by atoms with Crippen LogP contribution < -0.4 is 9.80 Å². The summed E-state index contributed by atoms with van der Waals surface area (Å²) in [6.07, 6.45) is 6.43. The highest BCUT2D eigenvalue weighted by Crippen LogP contribution is 2.47. The molecule has 39 heavy (non-hydrogen) atoms. The SMILES string of the molecule is CCc1nnc2cnc(N3CC(C)(C)c4c3ncnc4N3C[C@@H](C)N(C(=O)[C@]4(C)CCS4(=O)=O)C[C@@H]3C)cn12. The molecular formula is C26H35N9O3S. The lowest BCUT2D eigenvalue weighted by Gasteiger charge is -2.49. The zero-order valence-corrected chi connectivity index (χ0v) is 24.1. The Kier molecular flexibility index (Phi) is 5.69. The smallest absolute Gasteiger partial charge is 0.244 e. The Morgan fingerprint density at radius 3 is 2.46 bits per heavy atom. The highest BCUT2D eigenvalue weighted by molar-refractivity contribution is 7.95. The van der Waals surface area contributed by atoms with E-state index < -0.39 is 14.6 Å². The molecule has 2 fully saturated rings. The normalized spacial score (nSPS) is 27.5. The van der Waals surface area contributed by atoms with E-state index >= 15 is 0 Å². The topological polar surface area (TPSA) is 130 Å². The van der Waals surface area contributed by atoms with Crippen LogP contribution in [0.25, 0.3) is 5.65 Å². The van der Waals surface area contributed by atoms with E-state index in [-0.39, 0.29) is 29.2 Å². The van der Waals surface area contributed by atoms with E-state index in [0.29, 0.717) is 31.7 Å². The van der Waals surface area contributed by atoms with Crippen LogP contribution >= 0.6 is 0 Å². The second kappa shape index (κ2) is 8.57. The molecule has 0 N–H and O–H groups in total. The van der Waals surface area contributed by atoms with Gasteiger partial charge in [0.25, 0.3) is 0 Å². The Morgan fingerprint density at radius 1 is 1.05 bits per heavy atom. The van der Waals surface area contributed by atoms with E-state index in [0.717, 1.165) is 35.3 Å². The second-order valence-electron chi connectivity index (χ2n) is 11.9. The van der Waals surface area contributed by atoms with Crippen LogP contribution in [0.15, 0.2) is 18.7 Å². The summed E-state index contributed by atoms with van der Waals surface area (Å²) in [7, 11) is -3.39. The zero-order chi connectivity index (χ0) is 27.9. The molecule has 3 aliphatic heterocycles. The number of amides is 1. The van der Waals surface area contributed by atoms with Crippen LogP contribution in [-0.4, -0.2) is 91.0 Å². The number of aryl methyl sites for hydroxylation is 1. The Hall–Kier alpha value is -3.35. The Balaban J connectivity index is 1.33. The highest BCUT2D eigenvalue weighted by atomic mass is 32.2. The molecule has 0 spiro atoms. The summed E-state index contributed by atoms with van der Waals surface area (Å²) in [5.74, 6) is 3.09. The molecule has 3 aromatic heterocycles. The molecule has 12 nitrogen and oxygen atoms in total. The summed E-state index contributed by atoms with van der Waals surface area (Å²) in [5.41, 5.74) is 1.47. The number of hydrogen-bond donors (Lipinski definition) is 0. The first-order chi connectivity index (χ1) is 18.4. The number of piperazine rings is 1.